The van der Waals surface area contributed by atoms with Crippen molar-refractivity contribution < 1.29 is 37.5 Å². The second-order valence-electron chi connectivity index (χ2n) is 18.7. The zero-order chi connectivity index (χ0) is 47.1. The largest absolute Gasteiger partial charge is 0.462 e. The molecule has 0 fully saturated rings. The lowest BCUT2D eigenvalue weighted by molar-refractivity contribution is -0.870. The van der Waals surface area contributed by atoms with Gasteiger partial charge < -0.3 is 23.4 Å². The van der Waals surface area contributed by atoms with Crippen LogP contribution >= 0.6 is 7.60 Å². The van der Waals surface area contributed by atoms with Crippen molar-refractivity contribution in [3.05, 3.63) is 0 Å². The molecule has 0 amide bonds. The molecule has 0 aromatic carbocycles. The van der Waals surface area contributed by atoms with Crippen LogP contribution in [0.3, 0.4) is 0 Å². The lowest BCUT2D eigenvalue weighted by atomic mass is 10.1. The van der Waals surface area contributed by atoms with Crippen LogP contribution in [0.5, 0.6) is 0 Å². The highest BCUT2D eigenvalue weighted by atomic mass is 31.2. The molecule has 0 aliphatic carbocycles. The fraction of sp³-hybridized carbons (Fsp3) is 0.818. The molecule has 1 unspecified atom stereocenters. The molecule has 0 aromatic heterocycles. The fourth-order valence-corrected chi connectivity index (χ4v) is 8.12. The van der Waals surface area contributed by atoms with E-state index < -0.39 is 13.7 Å². The van der Waals surface area contributed by atoms with E-state index in [0.29, 0.717) is 17.4 Å². The number of carbonyl (C=O) groups is 2. The van der Waals surface area contributed by atoms with Crippen LogP contribution in [-0.4, -0.2) is 74.5 Å². The van der Waals surface area contributed by atoms with E-state index >= 15 is 0 Å². The molecule has 0 saturated carbocycles. The molecule has 8 nitrogen and oxygen atoms in total. The maximum absolute atomic E-state index is 12.8. The SMILES string of the molecule is CCCCCCCCCCC#CC#CCCCCCCCCC(=O)OC[C@H](CCP(=O)(O)OCC[N+](C)(C)C)OC(=O)CCCCCCCCC#CC#CCCCCCCCCCC. The number of carbonyl (C=O) groups excluding carboxylic acids is 2. The van der Waals surface area contributed by atoms with Gasteiger partial charge in [0.05, 0.1) is 27.3 Å². The summed E-state index contributed by atoms with van der Waals surface area (Å²) in [6.07, 6.45) is 36.1. The summed E-state index contributed by atoms with van der Waals surface area (Å²) in [5.41, 5.74) is 0. The number of hydrogen-bond acceptors (Lipinski definition) is 6. The number of nitrogens with zero attached hydrogens (tertiary/aromatic N) is 1. The van der Waals surface area contributed by atoms with Crippen LogP contribution in [0.25, 0.3) is 0 Å². The highest BCUT2D eigenvalue weighted by Gasteiger charge is 2.26. The molecule has 0 radical (unpaired) electrons. The van der Waals surface area contributed by atoms with Crippen LogP contribution < -0.4 is 0 Å². The lowest BCUT2D eigenvalue weighted by Gasteiger charge is -2.24. The summed E-state index contributed by atoms with van der Waals surface area (Å²) in [6, 6.07) is 0. The minimum atomic E-state index is -3.90. The molecule has 2 atom stereocenters. The Balaban J connectivity index is 4.35. The first kappa shape index (κ1) is 61.3. The summed E-state index contributed by atoms with van der Waals surface area (Å²) >= 11 is 0. The second-order valence-corrected chi connectivity index (χ2v) is 20.7. The molecule has 64 heavy (non-hydrogen) atoms. The van der Waals surface area contributed by atoms with Gasteiger partial charge >= 0.3 is 19.5 Å². The normalized spacial score (nSPS) is 12.3. The Kier molecular flexibility index (Phi) is 43.5. The Bertz CT molecular complexity index is 1440. The van der Waals surface area contributed by atoms with Gasteiger partial charge in [0.15, 0.2) is 0 Å². The first-order valence-corrected chi connectivity index (χ1v) is 27.8. The second kappa shape index (κ2) is 45.4. The monoisotopic (exact) mass is 913 g/mol. The average molecular weight is 913 g/mol. The molecule has 0 heterocycles. The summed E-state index contributed by atoms with van der Waals surface area (Å²) in [5.74, 6) is 24.0. The Morgan fingerprint density at radius 2 is 0.859 bits per heavy atom. The summed E-state index contributed by atoms with van der Waals surface area (Å²) < 4.78 is 29.9. The molecule has 366 valence electrons. The predicted molar refractivity (Wildman–Crippen MR) is 268 cm³/mol. The average Bonchev–Trinajstić information content (AvgIpc) is 3.25. The van der Waals surface area contributed by atoms with Crippen molar-refractivity contribution in [2.45, 2.75) is 245 Å². The molecule has 1 N–H and O–H groups in total. The third kappa shape index (κ3) is 48.7. The zero-order valence-corrected chi connectivity index (χ0v) is 42.8. The number of esters is 2. The quantitative estimate of drug-likeness (QED) is 0.0214. The summed E-state index contributed by atoms with van der Waals surface area (Å²) in [6.45, 7) is 5.09. The molecule has 9 heteroatoms. The Hall–Kier alpha value is -2.71. The number of quaternary nitrogens is 1. The van der Waals surface area contributed by atoms with E-state index in [1.54, 1.807) is 0 Å². The van der Waals surface area contributed by atoms with Crippen molar-refractivity contribution in [1.82, 2.24) is 0 Å². The number of likely N-dealkylation sites (N-methyl/N-ethyl adjacent to an activating group) is 1. The van der Waals surface area contributed by atoms with Gasteiger partial charge in [0, 0.05) is 38.5 Å². The Morgan fingerprint density at radius 3 is 1.23 bits per heavy atom. The van der Waals surface area contributed by atoms with E-state index in [2.05, 4.69) is 61.2 Å². The number of hydrogen-bond donors (Lipinski definition) is 1. The lowest BCUT2D eigenvalue weighted by Crippen LogP contribution is -2.37. The van der Waals surface area contributed by atoms with E-state index in [9.17, 15) is 19.0 Å². The Morgan fingerprint density at radius 1 is 0.516 bits per heavy atom. The van der Waals surface area contributed by atoms with Gasteiger partial charge in [0.25, 0.3) is 0 Å². The zero-order valence-electron chi connectivity index (χ0n) is 41.9. The van der Waals surface area contributed by atoms with Crippen molar-refractivity contribution in [2.75, 3.05) is 47.1 Å². The first-order valence-electron chi connectivity index (χ1n) is 26.0. The van der Waals surface area contributed by atoms with E-state index in [0.717, 1.165) is 96.3 Å². The molecular weight excluding hydrogens is 818 g/mol. The van der Waals surface area contributed by atoms with Crippen LogP contribution in [0.4, 0.5) is 0 Å². The third-order valence-corrected chi connectivity index (χ3v) is 12.6. The Labute approximate surface area is 394 Å². The van der Waals surface area contributed by atoms with Crippen molar-refractivity contribution in [3.63, 3.8) is 0 Å². The van der Waals surface area contributed by atoms with Gasteiger partial charge in [0.1, 0.15) is 25.9 Å². The summed E-state index contributed by atoms with van der Waals surface area (Å²) in [7, 11) is 2.04. The minimum Gasteiger partial charge on any atom is -0.462 e. The van der Waals surface area contributed by atoms with Crippen molar-refractivity contribution >= 4 is 19.5 Å². The van der Waals surface area contributed by atoms with Gasteiger partial charge in [-0.25, -0.2) is 0 Å². The smallest absolute Gasteiger partial charge is 0.328 e. The maximum Gasteiger partial charge on any atom is 0.328 e. The molecule has 0 aliphatic rings. The van der Waals surface area contributed by atoms with Crippen molar-refractivity contribution in [3.8, 4) is 47.4 Å². The first-order chi connectivity index (χ1) is 31.0. The number of unbranched alkanes of at least 4 members (excludes halogenated alkanes) is 28. The van der Waals surface area contributed by atoms with E-state index in [-0.39, 0.29) is 50.6 Å². The molecule has 0 rings (SSSR count). The topological polar surface area (TPSA) is 99.1 Å². The fourth-order valence-electron chi connectivity index (χ4n) is 7.01. The van der Waals surface area contributed by atoms with Crippen LogP contribution in [0.1, 0.15) is 239 Å². The van der Waals surface area contributed by atoms with Gasteiger partial charge in [-0.2, -0.15) is 0 Å². The van der Waals surface area contributed by atoms with Gasteiger partial charge in [-0.3, -0.25) is 14.2 Å². The highest BCUT2D eigenvalue weighted by Crippen LogP contribution is 2.43. The van der Waals surface area contributed by atoms with Gasteiger partial charge in [-0.15, -0.1) is 0 Å². The molecular formula is C55H95NO7P+. The number of ether oxygens (including phenoxy) is 2. The molecule has 0 saturated heterocycles. The van der Waals surface area contributed by atoms with Crippen LogP contribution in [0.2, 0.25) is 0 Å². The molecule has 0 aromatic rings. The van der Waals surface area contributed by atoms with Gasteiger partial charge in [-0.1, -0.05) is 179 Å². The standard InChI is InChI=1S/C55H94NO7P/c1-6-8-10-12-14-16-18-20-22-24-26-28-30-32-34-36-38-40-42-44-46-54(57)61-52-53(48-51-64(59,60)62-50-49-56(3,4)5)63-55(58)47-45-43-41-39-37-35-33-31-29-27-25-23-21-19-17-15-13-11-9-7-2/h53H,6-23,32-52H2,1-5H3/p+1/t53-/m0/s1. The number of rotatable bonds is 42. The molecule has 0 spiro atoms. The van der Waals surface area contributed by atoms with Crippen LogP contribution in [0.15, 0.2) is 0 Å². The van der Waals surface area contributed by atoms with Crippen LogP contribution in [-0.2, 0) is 28.2 Å². The van der Waals surface area contributed by atoms with E-state index in [1.165, 1.54) is 103 Å². The minimum absolute atomic E-state index is 0.0706. The van der Waals surface area contributed by atoms with E-state index in [1.807, 2.05) is 21.1 Å². The van der Waals surface area contributed by atoms with Crippen molar-refractivity contribution in [2.24, 2.45) is 0 Å². The van der Waals surface area contributed by atoms with Crippen molar-refractivity contribution in [1.29, 1.82) is 0 Å². The molecule has 0 bridgehead atoms. The van der Waals surface area contributed by atoms with Gasteiger partial charge in [-0.05, 0) is 68.6 Å². The molecule has 0 aliphatic heterocycles. The highest BCUT2D eigenvalue weighted by molar-refractivity contribution is 7.52. The summed E-state index contributed by atoms with van der Waals surface area (Å²) in [4.78, 5) is 35.8. The predicted octanol–water partition coefficient (Wildman–Crippen LogP) is 14.1. The summed E-state index contributed by atoms with van der Waals surface area (Å²) in [5, 5.41) is 0. The third-order valence-electron chi connectivity index (χ3n) is 11.2. The van der Waals surface area contributed by atoms with Gasteiger partial charge in [0.2, 0.25) is 0 Å². The van der Waals surface area contributed by atoms with Crippen LogP contribution in [0, 0.1) is 47.4 Å². The maximum atomic E-state index is 12.8. The van der Waals surface area contributed by atoms with E-state index in [4.69, 9.17) is 14.0 Å².